The molecule has 0 fully saturated rings. The second-order valence-corrected chi connectivity index (χ2v) is 8.69. The minimum absolute atomic E-state index is 0.111. The number of para-hydroxylation sites is 1. The number of benzene rings is 2. The van der Waals surface area contributed by atoms with Crippen LogP contribution in [-0.2, 0) is 9.59 Å². The number of likely N-dealkylation sites (N-methyl/N-ethyl adjacent to an activating group) is 1. The molecule has 0 aliphatic carbocycles. The Morgan fingerprint density at radius 3 is 2.52 bits per heavy atom. The Morgan fingerprint density at radius 2 is 1.84 bits per heavy atom. The van der Waals surface area contributed by atoms with Crippen LogP contribution in [0.2, 0.25) is 10.0 Å². The zero-order valence-electron chi connectivity index (χ0n) is 17.2. The monoisotopic (exact) mass is 477 g/mol. The number of rotatable bonds is 7. The van der Waals surface area contributed by atoms with Crippen LogP contribution in [-0.4, -0.2) is 50.8 Å². The second kappa shape index (κ2) is 10.2. The van der Waals surface area contributed by atoms with E-state index in [1.807, 2.05) is 36.6 Å². The Labute approximate surface area is 194 Å². The van der Waals surface area contributed by atoms with Gasteiger partial charge in [0.1, 0.15) is 6.33 Å². The van der Waals surface area contributed by atoms with Crippen molar-refractivity contribution in [2.75, 3.05) is 24.7 Å². The van der Waals surface area contributed by atoms with E-state index >= 15 is 0 Å². The highest BCUT2D eigenvalue weighted by atomic mass is 35.5. The van der Waals surface area contributed by atoms with Crippen molar-refractivity contribution in [3.63, 3.8) is 0 Å². The molecule has 0 aliphatic rings. The predicted molar refractivity (Wildman–Crippen MR) is 124 cm³/mol. The summed E-state index contributed by atoms with van der Waals surface area (Å²) in [6.07, 6.45) is 1.61. The Kier molecular flexibility index (Phi) is 7.59. The number of carbonyl (C=O) groups excluding carboxylic acids is 2. The highest BCUT2D eigenvalue weighted by Gasteiger charge is 2.17. The van der Waals surface area contributed by atoms with Gasteiger partial charge in [0, 0.05) is 12.7 Å². The van der Waals surface area contributed by atoms with E-state index < -0.39 is 5.91 Å². The van der Waals surface area contributed by atoms with Crippen molar-refractivity contribution >= 4 is 52.5 Å². The standard InChI is InChI=1S/C21H21Cl2N5O2S/c1-13-7-8-15(9-14(13)2)28-12-24-26-21(28)31-11-19(30)27(3)10-18(29)25-20-16(22)5-4-6-17(20)23/h4-9,12H,10-11H2,1-3H3,(H,25,29). The molecule has 7 nitrogen and oxygen atoms in total. The van der Waals surface area contributed by atoms with Crippen LogP contribution in [0.15, 0.2) is 47.9 Å². The van der Waals surface area contributed by atoms with Crippen LogP contribution in [0.3, 0.4) is 0 Å². The molecule has 0 spiro atoms. The molecular formula is C21H21Cl2N5O2S. The number of thioether (sulfide) groups is 1. The third-order valence-corrected chi connectivity index (χ3v) is 6.20. The lowest BCUT2D eigenvalue weighted by Gasteiger charge is -2.17. The van der Waals surface area contributed by atoms with E-state index in [2.05, 4.69) is 15.5 Å². The lowest BCUT2D eigenvalue weighted by Crippen LogP contribution is -2.36. The predicted octanol–water partition coefficient (Wildman–Crippen LogP) is 4.38. The Hall–Kier alpha value is -2.55. The van der Waals surface area contributed by atoms with Crippen LogP contribution < -0.4 is 5.32 Å². The van der Waals surface area contributed by atoms with Crippen LogP contribution in [0, 0.1) is 13.8 Å². The van der Waals surface area contributed by atoms with Crippen LogP contribution in [0.1, 0.15) is 11.1 Å². The van der Waals surface area contributed by atoms with Crippen molar-refractivity contribution in [1.82, 2.24) is 19.7 Å². The van der Waals surface area contributed by atoms with Gasteiger partial charge < -0.3 is 10.2 Å². The zero-order valence-corrected chi connectivity index (χ0v) is 19.6. The van der Waals surface area contributed by atoms with Crippen LogP contribution in [0.5, 0.6) is 0 Å². The Morgan fingerprint density at radius 1 is 1.13 bits per heavy atom. The van der Waals surface area contributed by atoms with Gasteiger partial charge in [-0.25, -0.2) is 0 Å². The van der Waals surface area contributed by atoms with Crippen molar-refractivity contribution < 1.29 is 9.59 Å². The van der Waals surface area contributed by atoms with Crippen LogP contribution >= 0.6 is 35.0 Å². The minimum Gasteiger partial charge on any atom is -0.336 e. The van der Waals surface area contributed by atoms with Gasteiger partial charge >= 0.3 is 0 Å². The van der Waals surface area contributed by atoms with Crippen LogP contribution in [0.25, 0.3) is 5.69 Å². The van der Waals surface area contributed by atoms with Gasteiger partial charge in [-0.1, -0.05) is 47.1 Å². The van der Waals surface area contributed by atoms with E-state index in [0.29, 0.717) is 20.9 Å². The first kappa shape index (κ1) is 23.1. The average molecular weight is 478 g/mol. The number of anilines is 1. The summed E-state index contributed by atoms with van der Waals surface area (Å²) in [6, 6.07) is 11.0. The number of amides is 2. The molecule has 1 heterocycles. The molecule has 0 radical (unpaired) electrons. The molecule has 31 heavy (non-hydrogen) atoms. The maximum Gasteiger partial charge on any atom is 0.244 e. The molecule has 1 aromatic heterocycles. The summed E-state index contributed by atoms with van der Waals surface area (Å²) in [4.78, 5) is 26.2. The molecule has 10 heteroatoms. The molecule has 0 bridgehead atoms. The first-order valence-corrected chi connectivity index (χ1v) is 11.1. The quantitative estimate of drug-likeness (QED) is 0.510. The van der Waals surface area contributed by atoms with E-state index in [1.165, 1.54) is 22.2 Å². The number of halogens is 2. The summed E-state index contributed by atoms with van der Waals surface area (Å²) in [5.41, 5.74) is 3.60. The van der Waals surface area contributed by atoms with Crippen LogP contribution in [0.4, 0.5) is 5.69 Å². The molecule has 2 aromatic carbocycles. The van der Waals surface area contributed by atoms with Gasteiger partial charge in [0.15, 0.2) is 5.16 Å². The van der Waals surface area contributed by atoms with E-state index in [1.54, 1.807) is 31.6 Å². The molecule has 1 N–H and O–H groups in total. The molecule has 0 atom stereocenters. The highest BCUT2D eigenvalue weighted by molar-refractivity contribution is 7.99. The molecule has 0 aliphatic heterocycles. The minimum atomic E-state index is -0.394. The number of nitrogens with zero attached hydrogens (tertiary/aromatic N) is 4. The van der Waals surface area contributed by atoms with E-state index in [9.17, 15) is 9.59 Å². The van der Waals surface area contributed by atoms with Crippen molar-refractivity contribution in [1.29, 1.82) is 0 Å². The normalized spacial score (nSPS) is 10.7. The fourth-order valence-corrected chi connectivity index (χ4v) is 4.07. The number of aryl methyl sites for hydroxylation is 2. The van der Waals surface area contributed by atoms with E-state index in [-0.39, 0.29) is 18.2 Å². The maximum absolute atomic E-state index is 12.5. The number of carbonyl (C=O) groups is 2. The summed E-state index contributed by atoms with van der Waals surface area (Å²) in [5, 5.41) is 12.0. The lowest BCUT2D eigenvalue weighted by molar-refractivity contribution is -0.131. The van der Waals surface area contributed by atoms with Gasteiger partial charge in [0.25, 0.3) is 0 Å². The topological polar surface area (TPSA) is 80.1 Å². The fourth-order valence-electron chi connectivity index (χ4n) is 2.71. The molecular weight excluding hydrogens is 457 g/mol. The fraction of sp³-hybridized carbons (Fsp3) is 0.238. The third kappa shape index (κ3) is 5.78. The molecule has 0 saturated carbocycles. The summed E-state index contributed by atoms with van der Waals surface area (Å²) < 4.78 is 1.83. The van der Waals surface area contributed by atoms with E-state index in [4.69, 9.17) is 23.2 Å². The van der Waals surface area contributed by atoms with E-state index in [0.717, 1.165) is 11.3 Å². The SMILES string of the molecule is Cc1ccc(-n2cnnc2SCC(=O)N(C)CC(=O)Nc2c(Cl)cccc2Cl)cc1C. The molecule has 3 rings (SSSR count). The average Bonchev–Trinajstić information content (AvgIpc) is 3.19. The maximum atomic E-state index is 12.5. The second-order valence-electron chi connectivity index (χ2n) is 6.94. The van der Waals surface area contributed by atoms with Gasteiger partial charge in [0.05, 0.1) is 28.0 Å². The Bertz CT molecular complexity index is 1100. The smallest absolute Gasteiger partial charge is 0.244 e. The van der Waals surface area contributed by atoms with Gasteiger partial charge in [-0.05, 0) is 49.2 Å². The lowest BCUT2D eigenvalue weighted by atomic mass is 10.1. The van der Waals surface area contributed by atoms with Crippen molar-refractivity contribution in [3.05, 3.63) is 63.9 Å². The largest absolute Gasteiger partial charge is 0.336 e. The Balaban J connectivity index is 1.58. The highest BCUT2D eigenvalue weighted by Crippen LogP contribution is 2.29. The summed E-state index contributed by atoms with van der Waals surface area (Å²) >= 11 is 13.4. The van der Waals surface area contributed by atoms with Crippen molar-refractivity contribution in [3.8, 4) is 5.69 Å². The number of aromatic nitrogens is 3. The molecule has 162 valence electrons. The first-order valence-electron chi connectivity index (χ1n) is 9.34. The first-order chi connectivity index (χ1) is 14.8. The van der Waals surface area contributed by atoms with Crippen molar-refractivity contribution in [2.24, 2.45) is 0 Å². The third-order valence-electron chi connectivity index (χ3n) is 4.64. The summed E-state index contributed by atoms with van der Waals surface area (Å²) in [6.45, 7) is 3.95. The molecule has 0 saturated heterocycles. The molecule has 3 aromatic rings. The molecule has 2 amide bonds. The summed E-state index contributed by atoms with van der Waals surface area (Å²) in [7, 11) is 1.56. The summed E-state index contributed by atoms with van der Waals surface area (Å²) in [5.74, 6) is -0.505. The van der Waals surface area contributed by atoms with Crippen molar-refractivity contribution in [2.45, 2.75) is 19.0 Å². The zero-order chi connectivity index (χ0) is 22.5. The van der Waals surface area contributed by atoms with Gasteiger partial charge in [-0.2, -0.15) is 0 Å². The van der Waals surface area contributed by atoms with Gasteiger partial charge in [0.2, 0.25) is 11.8 Å². The number of hydrogen-bond acceptors (Lipinski definition) is 5. The molecule has 0 unspecified atom stereocenters. The number of nitrogens with one attached hydrogen (secondary N) is 1. The van der Waals surface area contributed by atoms with Gasteiger partial charge in [-0.15, -0.1) is 10.2 Å². The number of hydrogen-bond donors (Lipinski definition) is 1. The van der Waals surface area contributed by atoms with Gasteiger partial charge in [-0.3, -0.25) is 14.2 Å².